The van der Waals surface area contributed by atoms with Gasteiger partial charge in [0.15, 0.2) is 11.5 Å². The molecule has 1 atom stereocenters. The lowest BCUT2D eigenvalue weighted by atomic mass is 9.91. The van der Waals surface area contributed by atoms with E-state index < -0.39 is 0 Å². The van der Waals surface area contributed by atoms with E-state index in [1.165, 1.54) is 11.1 Å². The van der Waals surface area contributed by atoms with E-state index in [1.54, 1.807) is 33.5 Å². The maximum Gasteiger partial charge on any atom is 0.251 e. The van der Waals surface area contributed by atoms with Crippen molar-refractivity contribution in [1.29, 1.82) is 0 Å². The van der Waals surface area contributed by atoms with Crippen molar-refractivity contribution in [2.75, 3.05) is 34.4 Å². The van der Waals surface area contributed by atoms with Crippen LogP contribution >= 0.6 is 0 Å². The summed E-state index contributed by atoms with van der Waals surface area (Å²) in [6.07, 6.45) is 0.906. The summed E-state index contributed by atoms with van der Waals surface area (Å²) in [5, 5.41) is 3.13. The predicted molar refractivity (Wildman–Crippen MR) is 128 cm³/mol. The number of benzene rings is 3. The van der Waals surface area contributed by atoms with Gasteiger partial charge in [0, 0.05) is 25.2 Å². The third-order valence-corrected chi connectivity index (χ3v) is 6.13. The minimum Gasteiger partial charge on any atom is -0.497 e. The SMILES string of the molecule is COc1cccc(C(=O)NC[C@H]2c3cc(OC)c(OC)cc3CCN2Cc2ccccc2)c1. The van der Waals surface area contributed by atoms with Gasteiger partial charge in [0.2, 0.25) is 0 Å². The number of carbonyl (C=O) groups is 1. The fourth-order valence-corrected chi connectivity index (χ4v) is 4.38. The van der Waals surface area contributed by atoms with Crippen molar-refractivity contribution in [1.82, 2.24) is 10.2 Å². The minimum absolute atomic E-state index is 0.00307. The van der Waals surface area contributed by atoms with Crippen molar-refractivity contribution in [2.24, 2.45) is 0 Å². The summed E-state index contributed by atoms with van der Waals surface area (Å²) in [7, 11) is 4.90. The molecule has 3 aromatic rings. The van der Waals surface area contributed by atoms with Crippen LogP contribution < -0.4 is 19.5 Å². The molecule has 0 aromatic heterocycles. The molecule has 0 radical (unpaired) electrons. The van der Waals surface area contributed by atoms with Gasteiger partial charge in [-0.1, -0.05) is 36.4 Å². The Morgan fingerprint density at radius 3 is 2.42 bits per heavy atom. The molecule has 1 aliphatic rings. The lowest BCUT2D eigenvalue weighted by molar-refractivity contribution is 0.0925. The van der Waals surface area contributed by atoms with Crippen molar-refractivity contribution in [3.05, 3.63) is 89.0 Å². The number of ether oxygens (including phenoxy) is 3. The molecule has 3 aromatic carbocycles. The highest BCUT2D eigenvalue weighted by molar-refractivity contribution is 5.94. The van der Waals surface area contributed by atoms with Crippen molar-refractivity contribution in [3.8, 4) is 17.2 Å². The first-order valence-corrected chi connectivity index (χ1v) is 11.1. The molecule has 0 bridgehead atoms. The zero-order valence-electron chi connectivity index (χ0n) is 19.3. The van der Waals surface area contributed by atoms with Gasteiger partial charge in [-0.25, -0.2) is 0 Å². The van der Waals surface area contributed by atoms with Crippen LogP contribution in [0.2, 0.25) is 0 Å². The van der Waals surface area contributed by atoms with Crippen LogP contribution in [0, 0.1) is 0 Å². The third kappa shape index (κ3) is 5.12. The van der Waals surface area contributed by atoms with Crippen LogP contribution in [0.15, 0.2) is 66.7 Å². The molecule has 0 spiro atoms. The smallest absolute Gasteiger partial charge is 0.251 e. The highest BCUT2D eigenvalue weighted by Gasteiger charge is 2.29. The Hall–Kier alpha value is -3.51. The highest BCUT2D eigenvalue weighted by Crippen LogP contribution is 2.38. The second-order valence-corrected chi connectivity index (χ2v) is 8.07. The van der Waals surface area contributed by atoms with Crippen LogP contribution in [0.1, 0.15) is 33.1 Å². The van der Waals surface area contributed by atoms with Crippen molar-refractivity contribution in [3.63, 3.8) is 0 Å². The van der Waals surface area contributed by atoms with Gasteiger partial charge < -0.3 is 19.5 Å². The first kappa shape index (κ1) is 22.7. The van der Waals surface area contributed by atoms with Gasteiger partial charge in [0.05, 0.1) is 27.4 Å². The molecule has 0 aliphatic carbocycles. The molecule has 0 unspecified atom stereocenters. The van der Waals surface area contributed by atoms with Crippen molar-refractivity contribution in [2.45, 2.75) is 19.0 Å². The van der Waals surface area contributed by atoms with E-state index in [-0.39, 0.29) is 11.9 Å². The zero-order chi connectivity index (χ0) is 23.2. The number of hydrogen-bond acceptors (Lipinski definition) is 5. The molecule has 1 amide bonds. The molecular weight excluding hydrogens is 416 g/mol. The average molecular weight is 447 g/mol. The first-order valence-electron chi connectivity index (χ1n) is 11.1. The van der Waals surface area contributed by atoms with Gasteiger partial charge >= 0.3 is 0 Å². The van der Waals surface area contributed by atoms with Gasteiger partial charge in [-0.05, 0) is 53.4 Å². The average Bonchev–Trinajstić information content (AvgIpc) is 2.87. The number of methoxy groups -OCH3 is 3. The Bertz CT molecular complexity index is 1100. The Morgan fingerprint density at radius 2 is 1.70 bits per heavy atom. The summed E-state index contributed by atoms with van der Waals surface area (Å²) in [5.74, 6) is 1.96. The Morgan fingerprint density at radius 1 is 0.939 bits per heavy atom. The number of nitrogens with one attached hydrogen (secondary N) is 1. The molecule has 0 saturated heterocycles. The topological polar surface area (TPSA) is 60.0 Å². The van der Waals surface area contributed by atoms with Crippen LogP contribution in [0.25, 0.3) is 0 Å². The van der Waals surface area contributed by atoms with Crippen molar-refractivity contribution >= 4 is 5.91 Å². The summed E-state index contributed by atoms with van der Waals surface area (Å²) < 4.78 is 16.4. The summed E-state index contributed by atoms with van der Waals surface area (Å²) >= 11 is 0. The molecule has 4 rings (SSSR count). The summed E-state index contributed by atoms with van der Waals surface area (Å²) in [5.41, 5.74) is 4.19. The molecule has 172 valence electrons. The number of fused-ring (bicyclic) bond motifs is 1. The Labute approximate surface area is 195 Å². The number of nitrogens with zero attached hydrogens (tertiary/aromatic N) is 1. The standard InChI is InChI=1S/C27H30N2O4/c1-31-22-11-7-10-21(14-22)27(30)28-17-24-23-16-26(33-3)25(32-2)15-20(23)12-13-29(24)18-19-8-5-4-6-9-19/h4-11,14-16,24H,12-13,17-18H2,1-3H3,(H,28,30)/t24-/m0/s1. The van der Waals surface area contributed by atoms with Crippen LogP contribution in [0.5, 0.6) is 17.2 Å². The number of hydrogen-bond donors (Lipinski definition) is 1. The molecule has 6 heteroatoms. The normalized spacial score (nSPS) is 15.4. The van der Waals surface area contributed by atoms with E-state index in [9.17, 15) is 4.79 Å². The largest absolute Gasteiger partial charge is 0.497 e. The van der Waals surface area contributed by atoms with Gasteiger partial charge in [0.25, 0.3) is 5.91 Å². The van der Waals surface area contributed by atoms with Crippen LogP contribution in [0.3, 0.4) is 0 Å². The maximum absolute atomic E-state index is 12.9. The van der Waals surface area contributed by atoms with E-state index >= 15 is 0 Å². The van der Waals surface area contributed by atoms with Gasteiger partial charge in [-0.15, -0.1) is 0 Å². The van der Waals surface area contributed by atoms with E-state index in [0.29, 0.717) is 23.6 Å². The number of rotatable bonds is 8. The van der Waals surface area contributed by atoms with E-state index in [1.807, 2.05) is 24.3 Å². The van der Waals surface area contributed by atoms with E-state index in [4.69, 9.17) is 14.2 Å². The number of amides is 1. The summed E-state index contributed by atoms with van der Waals surface area (Å²) in [6, 6.07) is 21.7. The predicted octanol–water partition coefficient (Wildman–Crippen LogP) is 4.24. The maximum atomic E-state index is 12.9. The summed E-state index contributed by atoms with van der Waals surface area (Å²) in [6.45, 7) is 2.16. The van der Waals surface area contributed by atoms with Crippen LogP contribution in [-0.2, 0) is 13.0 Å². The minimum atomic E-state index is -0.124. The first-order chi connectivity index (χ1) is 16.1. The van der Waals surface area contributed by atoms with Crippen molar-refractivity contribution < 1.29 is 19.0 Å². The fraction of sp³-hybridized carbons (Fsp3) is 0.296. The van der Waals surface area contributed by atoms with Gasteiger partial charge in [-0.2, -0.15) is 0 Å². The lowest BCUT2D eigenvalue weighted by Gasteiger charge is -2.38. The van der Waals surface area contributed by atoms with Crippen LogP contribution in [0.4, 0.5) is 0 Å². The van der Waals surface area contributed by atoms with E-state index in [0.717, 1.165) is 30.8 Å². The fourth-order valence-electron chi connectivity index (χ4n) is 4.38. The molecule has 33 heavy (non-hydrogen) atoms. The second kappa shape index (κ2) is 10.4. The molecular formula is C27H30N2O4. The second-order valence-electron chi connectivity index (χ2n) is 8.07. The molecule has 6 nitrogen and oxygen atoms in total. The van der Waals surface area contributed by atoms with Gasteiger partial charge in [0.1, 0.15) is 5.75 Å². The van der Waals surface area contributed by atoms with E-state index in [2.05, 4.69) is 40.5 Å². The Balaban J connectivity index is 1.61. The van der Waals surface area contributed by atoms with Gasteiger partial charge in [-0.3, -0.25) is 9.69 Å². The quantitative estimate of drug-likeness (QED) is 0.561. The van der Waals surface area contributed by atoms with Crippen LogP contribution in [-0.4, -0.2) is 45.2 Å². The molecule has 1 heterocycles. The molecule has 0 saturated carbocycles. The zero-order valence-corrected chi connectivity index (χ0v) is 19.3. The third-order valence-electron chi connectivity index (χ3n) is 6.13. The molecule has 1 N–H and O–H groups in total. The summed E-state index contributed by atoms with van der Waals surface area (Å²) in [4.78, 5) is 15.3. The number of carbonyl (C=O) groups excluding carboxylic acids is 1. The monoisotopic (exact) mass is 446 g/mol. The highest BCUT2D eigenvalue weighted by atomic mass is 16.5. The lowest BCUT2D eigenvalue weighted by Crippen LogP contribution is -2.41. The molecule has 0 fully saturated rings. The Kier molecular flexibility index (Phi) is 7.15. The molecule has 1 aliphatic heterocycles.